The number of fused-ring (bicyclic) bond motifs is 1. The van der Waals surface area contributed by atoms with Crippen LogP contribution < -0.4 is 0 Å². The molecule has 0 atom stereocenters. The van der Waals surface area contributed by atoms with Gasteiger partial charge in [0.25, 0.3) is 0 Å². The van der Waals surface area contributed by atoms with E-state index in [-0.39, 0.29) is 0 Å². The molecule has 1 heteroatoms. The Morgan fingerprint density at radius 1 is 1.29 bits per heavy atom. The fraction of sp³-hybridized carbons (Fsp3) is 0.462. The monoisotopic (exact) mass is 188 g/mol. The summed E-state index contributed by atoms with van der Waals surface area (Å²) in [6, 6.07) is 6.17. The summed E-state index contributed by atoms with van der Waals surface area (Å²) in [5.74, 6) is 0.295. The molecule has 0 unspecified atom stereocenters. The zero-order valence-corrected chi connectivity index (χ0v) is 8.68. The van der Waals surface area contributed by atoms with Crippen LogP contribution in [0.3, 0.4) is 0 Å². The number of benzene rings is 1. The molecular weight excluding hydrogens is 172 g/mol. The lowest BCUT2D eigenvalue weighted by Gasteiger charge is -2.18. The molecule has 0 aliphatic heterocycles. The number of carbonyl (C=O) groups is 1. The van der Waals surface area contributed by atoms with Crippen molar-refractivity contribution in [3.05, 3.63) is 34.9 Å². The highest BCUT2D eigenvalue weighted by molar-refractivity contribution is 5.97. The lowest BCUT2D eigenvalue weighted by atomic mass is 9.86. The lowest BCUT2D eigenvalue weighted by Crippen LogP contribution is -2.09. The van der Waals surface area contributed by atoms with E-state index in [0.717, 1.165) is 18.4 Å². The maximum Gasteiger partial charge on any atom is 0.162 e. The van der Waals surface area contributed by atoms with Gasteiger partial charge in [-0.25, -0.2) is 0 Å². The topological polar surface area (TPSA) is 17.1 Å². The second-order valence-corrected chi connectivity index (χ2v) is 3.93. The number of hydrogen-bond acceptors (Lipinski definition) is 1. The highest BCUT2D eigenvalue weighted by atomic mass is 16.1. The first-order valence-electron chi connectivity index (χ1n) is 5.47. The zero-order valence-electron chi connectivity index (χ0n) is 8.68. The van der Waals surface area contributed by atoms with Crippen molar-refractivity contribution in [2.45, 2.75) is 39.0 Å². The minimum atomic E-state index is 0.295. The summed E-state index contributed by atoms with van der Waals surface area (Å²) in [6.07, 6.45) is 5.38. The summed E-state index contributed by atoms with van der Waals surface area (Å²) in [7, 11) is 0. The van der Waals surface area contributed by atoms with Crippen LogP contribution in [0.4, 0.5) is 0 Å². The third kappa shape index (κ3) is 1.59. The molecule has 0 N–H and O–H groups in total. The molecule has 74 valence electrons. The molecule has 0 radical (unpaired) electrons. The van der Waals surface area contributed by atoms with Gasteiger partial charge in [0.2, 0.25) is 0 Å². The van der Waals surface area contributed by atoms with Crippen LogP contribution in [0.25, 0.3) is 0 Å². The number of hydrogen-bond donors (Lipinski definition) is 0. The Balaban J connectivity index is 2.45. The van der Waals surface area contributed by atoms with E-state index in [4.69, 9.17) is 0 Å². The quantitative estimate of drug-likeness (QED) is 0.651. The standard InChI is InChI=1S/C13H16O/c1-2-13(14)12-9-5-7-10-6-3-4-8-11(10)12/h5,7,9H,2-4,6,8H2,1H3. The summed E-state index contributed by atoms with van der Waals surface area (Å²) in [5, 5.41) is 0. The van der Waals surface area contributed by atoms with Gasteiger partial charge in [-0.15, -0.1) is 0 Å². The predicted molar refractivity (Wildman–Crippen MR) is 57.7 cm³/mol. The van der Waals surface area contributed by atoms with Crippen LogP contribution in [0.2, 0.25) is 0 Å². The molecule has 0 amide bonds. The van der Waals surface area contributed by atoms with Gasteiger partial charge in [0.1, 0.15) is 0 Å². The molecule has 1 aliphatic rings. The molecule has 0 fully saturated rings. The SMILES string of the molecule is CCC(=O)c1cccc2c1CCCC2. The first kappa shape index (κ1) is 9.45. The normalized spacial score (nSPS) is 14.9. The van der Waals surface area contributed by atoms with Gasteiger partial charge in [0.15, 0.2) is 5.78 Å². The first-order valence-corrected chi connectivity index (χ1v) is 5.47. The van der Waals surface area contributed by atoms with Gasteiger partial charge in [0.05, 0.1) is 0 Å². The van der Waals surface area contributed by atoms with Crippen molar-refractivity contribution in [2.75, 3.05) is 0 Å². The second-order valence-electron chi connectivity index (χ2n) is 3.93. The third-order valence-electron chi connectivity index (χ3n) is 3.02. The molecular formula is C13H16O. The van der Waals surface area contributed by atoms with Gasteiger partial charge in [-0.2, -0.15) is 0 Å². The van der Waals surface area contributed by atoms with Gasteiger partial charge in [-0.3, -0.25) is 4.79 Å². The zero-order chi connectivity index (χ0) is 9.97. The van der Waals surface area contributed by atoms with Crippen LogP contribution >= 0.6 is 0 Å². The smallest absolute Gasteiger partial charge is 0.162 e. The molecule has 0 saturated heterocycles. The Labute approximate surface area is 85.1 Å². The molecule has 0 bridgehead atoms. The largest absolute Gasteiger partial charge is 0.294 e. The Bertz CT molecular complexity index is 352. The highest BCUT2D eigenvalue weighted by Crippen LogP contribution is 2.25. The molecule has 0 aromatic heterocycles. The van der Waals surface area contributed by atoms with Crippen molar-refractivity contribution < 1.29 is 4.79 Å². The average Bonchev–Trinajstić information content (AvgIpc) is 2.27. The van der Waals surface area contributed by atoms with E-state index in [1.807, 2.05) is 19.1 Å². The number of ketones is 1. The number of rotatable bonds is 2. The van der Waals surface area contributed by atoms with E-state index < -0.39 is 0 Å². The predicted octanol–water partition coefficient (Wildman–Crippen LogP) is 3.16. The second kappa shape index (κ2) is 3.95. The first-order chi connectivity index (χ1) is 6.83. The Hall–Kier alpha value is -1.11. The van der Waals surface area contributed by atoms with E-state index in [9.17, 15) is 4.79 Å². The van der Waals surface area contributed by atoms with Crippen LogP contribution in [0, 0.1) is 0 Å². The molecule has 1 nitrogen and oxygen atoms in total. The molecule has 0 saturated carbocycles. The van der Waals surface area contributed by atoms with Gasteiger partial charge in [0, 0.05) is 12.0 Å². The van der Waals surface area contributed by atoms with Crippen LogP contribution in [-0.4, -0.2) is 5.78 Å². The van der Waals surface area contributed by atoms with Crippen molar-refractivity contribution in [1.82, 2.24) is 0 Å². The van der Waals surface area contributed by atoms with E-state index in [1.54, 1.807) is 0 Å². The molecule has 1 aliphatic carbocycles. The number of aryl methyl sites for hydroxylation is 1. The number of carbonyl (C=O) groups excluding carboxylic acids is 1. The van der Waals surface area contributed by atoms with Crippen molar-refractivity contribution in [3.8, 4) is 0 Å². The lowest BCUT2D eigenvalue weighted by molar-refractivity contribution is 0.0987. The molecule has 2 rings (SSSR count). The van der Waals surface area contributed by atoms with Crippen molar-refractivity contribution in [3.63, 3.8) is 0 Å². The van der Waals surface area contributed by atoms with Crippen LogP contribution in [-0.2, 0) is 12.8 Å². The molecule has 1 aromatic rings. The maximum absolute atomic E-state index is 11.7. The summed E-state index contributed by atoms with van der Waals surface area (Å²) in [4.78, 5) is 11.7. The number of Topliss-reactive ketones (excluding diaryl/α,β-unsaturated/α-hetero) is 1. The van der Waals surface area contributed by atoms with Crippen LogP contribution in [0.15, 0.2) is 18.2 Å². The van der Waals surface area contributed by atoms with Gasteiger partial charge < -0.3 is 0 Å². The average molecular weight is 188 g/mol. The van der Waals surface area contributed by atoms with Gasteiger partial charge in [-0.1, -0.05) is 25.1 Å². The van der Waals surface area contributed by atoms with E-state index in [2.05, 4.69) is 6.07 Å². The van der Waals surface area contributed by atoms with Crippen molar-refractivity contribution >= 4 is 5.78 Å². The van der Waals surface area contributed by atoms with E-state index in [1.165, 1.54) is 24.0 Å². The van der Waals surface area contributed by atoms with Crippen molar-refractivity contribution in [1.29, 1.82) is 0 Å². The Morgan fingerprint density at radius 2 is 2.07 bits per heavy atom. The molecule has 0 heterocycles. The fourth-order valence-electron chi connectivity index (χ4n) is 2.23. The minimum absolute atomic E-state index is 0.295. The highest BCUT2D eigenvalue weighted by Gasteiger charge is 2.15. The summed E-state index contributed by atoms with van der Waals surface area (Å²) >= 11 is 0. The maximum atomic E-state index is 11.7. The fourth-order valence-corrected chi connectivity index (χ4v) is 2.23. The molecule has 0 spiro atoms. The summed E-state index contributed by atoms with van der Waals surface area (Å²) in [5.41, 5.74) is 3.70. The Morgan fingerprint density at radius 3 is 2.86 bits per heavy atom. The van der Waals surface area contributed by atoms with Gasteiger partial charge in [-0.05, 0) is 36.8 Å². The van der Waals surface area contributed by atoms with E-state index in [0.29, 0.717) is 12.2 Å². The Kier molecular flexibility index (Phi) is 2.67. The molecule has 14 heavy (non-hydrogen) atoms. The van der Waals surface area contributed by atoms with Crippen LogP contribution in [0.5, 0.6) is 0 Å². The van der Waals surface area contributed by atoms with E-state index >= 15 is 0 Å². The molecule has 1 aromatic carbocycles. The minimum Gasteiger partial charge on any atom is -0.294 e. The van der Waals surface area contributed by atoms with Crippen molar-refractivity contribution in [2.24, 2.45) is 0 Å². The summed E-state index contributed by atoms with van der Waals surface area (Å²) < 4.78 is 0. The van der Waals surface area contributed by atoms with Crippen LogP contribution in [0.1, 0.15) is 47.7 Å². The third-order valence-corrected chi connectivity index (χ3v) is 3.02. The van der Waals surface area contributed by atoms with Gasteiger partial charge >= 0.3 is 0 Å². The summed E-state index contributed by atoms with van der Waals surface area (Å²) in [6.45, 7) is 1.94.